The number of likely N-dealkylation sites (tertiary alicyclic amines) is 1. The van der Waals surface area contributed by atoms with Gasteiger partial charge >= 0.3 is 6.03 Å². The number of urea groups is 1. The lowest BCUT2D eigenvalue weighted by atomic mass is 10.1. The lowest BCUT2D eigenvalue weighted by Gasteiger charge is -2.23. The predicted molar refractivity (Wildman–Crippen MR) is 73.0 cm³/mol. The Morgan fingerprint density at radius 3 is 2.78 bits per heavy atom. The highest BCUT2D eigenvalue weighted by Crippen LogP contribution is 2.14. The molecule has 0 aromatic heterocycles. The van der Waals surface area contributed by atoms with E-state index in [9.17, 15) is 4.79 Å². The fraction of sp³-hybridized carbons (Fsp3) is 0.462. The van der Waals surface area contributed by atoms with Gasteiger partial charge in [-0.2, -0.15) is 0 Å². The molecule has 0 unspecified atom stereocenters. The van der Waals surface area contributed by atoms with Crippen LogP contribution in [0.2, 0.25) is 5.02 Å². The third kappa shape index (κ3) is 4.20. The molecule has 0 radical (unpaired) electrons. The first-order chi connectivity index (χ1) is 8.74. The first kappa shape index (κ1) is 13.2. The Kier molecular flexibility index (Phi) is 4.84. The van der Waals surface area contributed by atoms with E-state index in [1.807, 2.05) is 12.1 Å². The molecule has 98 valence electrons. The Morgan fingerprint density at radius 1 is 1.28 bits per heavy atom. The molecule has 1 aliphatic heterocycles. The van der Waals surface area contributed by atoms with Crippen molar-refractivity contribution in [1.29, 1.82) is 0 Å². The van der Waals surface area contributed by atoms with E-state index in [0.717, 1.165) is 13.1 Å². The van der Waals surface area contributed by atoms with Crippen LogP contribution in [-0.2, 0) is 0 Å². The molecule has 18 heavy (non-hydrogen) atoms. The van der Waals surface area contributed by atoms with Crippen molar-refractivity contribution in [2.24, 2.45) is 0 Å². The second kappa shape index (κ2) is 6.61. The second-order valence-electron chi connectivity index (χ2n) is 4.63. The molecule has 0 spiro atoms. The molecular weight excluding hydrogens is 250 g/mol. The van der Waals surface area contributed by atoms with Crippen LogP contribution in [0.5, 0.6) is 0 Å². The van der Waals surface area contributed by atoms with Crippen LogP contribution < -0.4 is 15.5 Å². The fourth-order valence-corrected chi connectivity index (χ4v) is 2.37. The minimum atomic E-state index is -0.171. The van der Waals surface area contributed by atoms with Gasteiger partial charge in [-0.3, -0.25) is 5.32 Å². The van der Waals surface area contributed by atoms with E-state index in [1.54, 1.807) is 12.1 Å². The maximum Gasteiger partial charge on any atom is 0.323 e. The van der Waals surface area contributed by atoms with E-state index in [2.05, 4.69) is 10.6 Å². The van der Waals surface area contributed by atoms with Crippen LogP contribution in [0, 0.1) is 0 Å². The minimum absolute atomic E-state index is 0.171. The highest BCUT2D eigenvalue weighted by Gasteiger charge is 2.13. The lowest BCUT2D eigenvalue weighted by Crippen LogP contribution is -3.14. The highest BCUT2D eigenvalue weighted by molar-refractivity contribution is 6.30. The Morgan fingerprint density at radius 2 is 2.06 bits per heavy atom. The van der Waals surface area contributed by atoms with Gasteiger partial charge < -0.3 is 10.2 Å². The molecule has 2 amide bonds. The first-order valence-electron chi connectivity index (χ1n) is 6.38. The van der Waals surface area contributed by atoms with E-state index in [4.69, 9.17) is 11.6 Å². The molecular formula is C13H19ClN3O+. The van der Waals surface area contributed by atoms with E-state index in [-0.39, 0.29) is 6.03 Å². The number of carbonyl (C=O) groups is 1. The normalized spacial score (nSPS) is 16.3. The molecule has 1 fully saturated rings. The molecule has 2 rings (SSSR count). The summed E-state index contributed by atoms with van der Waals surface area (Å²) >= 11 is 5.85. The SMILES string of the molecule is O=C(NC[NH+]1CCCCC1)Nc1cccc(Cl)c1. The number of rotatable bonds is 3. The van der Waals surface area contributed by atoms with Crippen molar-refractivity contribution in [2.75, 3.05) is 25.1 Å². The topological polar surface area (TPSA) is 45.6 Å². The van der Waals surface area contributed by atoms with E-state index < -0.39 is 0 Å². The predicted octanol–water partition coefficient (Wildman–Crippen LogP) is 1.49. The zero-order valence-corrected chi connectivity index (χ0v) is 11.1. The molecule has 1 saturated heterocycles. The van der Waals surface area contributed by atoms with Gasteiger partial charge in [-0.25, -0.2) is 4.79 Å². The summed E-state index contributed by atoms with van der Waals surface area (Å²) < 4.78 is 0. The lowest BCUT2D eigenvalue weighted by molar-refractivity contribution is -0.906. The summed E-state index contributed by atoms with van der Waals surface area (Å²) in [6.07, 6.45) is 3.83. The van der Waals surface area contributed by atoms with Crippen LogP contribution in [-0.4, -0.2) is 25.8 Å². The zero-order valence-electron chi connectivity index (χ0n) is 10.3. The van der Waals surface area contributed by atoms with Crippen LogP contribution in [0.1, 0.15) is 19.3 Å². The van der Waals surface area contributed by atoms with Crippen molar-refractivity contribution in [2.45, 2.75) is 19.3 Å². The maximum atomic E-state index is 11.7. The number of piperidine rings is 1. The van der Waals surface area contributed by atoms with Gasteiger partial charge in [0.25, 0.3) is 0 Å². The number of amides is 2. The van der Waals surface area contributed by atoms with Crippen molar-refractivity contribution in [1.82, 2.24) is 5.32 Å². The van der Waals surface area contributed by atoms with Crippen LogP contribution >= 0.6 is 11.6 Å². The van der Waals surface area contributed by atoms with Crippen molar-refractivity contribution < 1.29 is 9.69 Å². The molecule has 0 bridgehead atoms. The van der Waals surface area contributed by atoms with Crippen molar-refractivity contribution in [3.8, 4) is 0 Å². The summed E-state index contributed by atoms with van der Waals surface area (Å²) in [4.78, 5) is 13.1. The minimum Gasteiger partial charge on any atom is -0.318 e. The van der Waals surface area contributed by atoms with E-state index in [0.29, 0.717) is 17.4 Å². The quantitative estimate of drug-likeness (QED) is 0.764. The molecule has 1 aromatic rings. The molecule has 3 N–H and O–H groups in total. The summed E-state index contributed by atoms with van der Waals surface area (Å²) in [7, 11) is 0. The summed E-state index contributed by atoms with van der Waals surface area (Å²) in [6.45, 7) is 2.99. The van der Waals surface area contributed by atoms with E-state index >= 15 is 0 Å². The second-order valence-corrected chi connectivity index (χ2v) is 5.07. The standard InChI is InChI=1S/C13H18ClN3O/c14-11-5-4-6-12(9-11)16-13(18)15-10-17-7-2-1-3-8-17/h4-6,9H,1-3,7-8,10H2,(H2,15,16,18)/p+1. The number of carbonyl (C=O) groups excluding carboxylic acids is 1. The average Bonchev–Trinajstić information content (AvgIpc) is 2.38. The molecule has 1 aromatic carbocycles. The molecule has 0 aliphatic carbocycles. The highest BCUT2D eigenvalue weighted by atomic mass is 35.5. The molecule has 5 heteroatoms. The molecule has 0 saturated carbocycles. The number of quaternary nitrogens is 1. The molecule has 4 nitrogen and oxygen atoms in total. The van der Waals surface area contributed by atoms with Gasteiger partial charge in [-0.05, 0) is 37.5 Å². The zero-order chi connectivity index (χ0) is 12.8. The van der Waals surface area contributed by atoms with Crippen molar-refractivity contribution >= 4 is 23.3 Å². The number of anilines is 1. The molecule has 1 aliphatic rings. The summed E-state index contributed by atoms with van der Waals surface area (Å²) in [6, 6.07) is 6.97. The Bertz CT molecular complexity index is 405. The Labute approximate surface area is 112 Å². The molecule has 0 atom stereocenters. The van der Waals surface area contributed by atoms with Crippen LogP contribution in [0.25, 0.3) is 0 Å². The van der Waals surface area contributed by atoms with Crippen LogP contribution in [0.3, 0.4) is 0 Å². The third-order valence-electron chi connectivity index (χ3n) is 3.14. The Balaban J connectivity index is 1.74. The van der Waals surface area contributed by atoms with Gasteiger partial charge in [-0.15, -0.1) is 0 Å². The monoisotopic (exact) mass is 268 g/mol. The van der Waals surface area contributed by atoms with Gasteiger partial charge in [0.05, 0.1) is 13.1 Å². The fourth-order valence-electron chi connectivity index (χ4n) is 2.18. The number of nitrogens with one attached hydrogen (secondary N) is 3. The summed E-state index contributed by atoms with van der Waals surface area (Å²) in [5, 5.41) is 6.28. The maximum absolute atomic E-state index is 11.7. The third-order valence-corrected chi connectivity index (χ3v) is 3.38. The van der Waals surface area contributed by atoms with Crippen molar-refractivity contribution in [3.05, 3.63) is 29.3 Å². The van der Waals surface area contributed by atoms with Gasteiger partial charge in [0.2, 0.25) is 0 Å². The van der Waals surface area contributed by atoms with Crippen LogP contribution in [0.15, 0.2) is 24.3 Å². The number of hydrogen-bond donors (Lipinski definition) is 3. The van der Waals surface area contributed by atoms with Gasteiger partial charge in [0, 0.05) is 10.7 Å². The number of halogens is 1. The van der Waals surface area contributed by atoms with Gasteiger partial charge in [0.1, 0.15) is 0 Å². The van der Waals surface area contributed by atoms with Crippen LogP contribution in [0.4, 0.5) is 10.5 Å². The first-order valence-corrected chi connectivity index (χ1v) is 6.76. The number of hydrogen-bond acceptors (Lipinski definition) is 1. The van der Waals surface area contributed by atoms with Crippen molar-refractivity contribution in [3.63, 3.8) is 0 Å². The smallest absolute Gasteiger partial charge is 0.318 e. The largest absolute Gasteiger partial charge is 0.323 e. The number of benzene rings is 1. The summed E-state index contributed by atoms with van der Waals surface area (Å²) in [5.74, 6) is 0. The van der Waals surface area contributed by atoms with E-state index in [1.165, 1.54) is 24.2 Å². The molecule has 1 heterocycles. The Hall–Kier alpha value is -1.26. The summed E-state index contributed by atoms with van der Waals surface area (Å²) in [5.41, 5.74) is 0.716. The van der Waals surface area contributed by atoms with Gasteiger partial charge in [-0.1, -0.05) is 17.7 Å². The average molecular weight is 269 g/mol. The van der Waals surface area contributed by atoms with Gasteiger partial charge in [0.15, 0.2) is 6.67 Å².